The maximum absolute atomic E-state index is 7.44. The molecule has 0 saturated heterocycles. The Balaban J connectivity index is 6.37. The van der Waals surface area contributed by atoms with Gasteiger partial charge in [0.25, 0.3) is 0 Å². The summed E-state index contributed by atoms with van der Waals surface area (Å²) < 4.78 is 71.8. The van der Waals surface area contributed by atoms with E-state index in [0.29, 0.717) is 46.2 Å². The molecule has 0 N–H and O–H groups in total. The number of rotatable bonds is 34. The maximum atomic E-state index is 7.44. The Morgan fingerprint density at radius 3 is 1.28 bits per heavy atom. The van der Waals surface area contributed by atoms with E-state index in [1.54, 1.807) is 7.11 Å². The van der Waals surface area contributed by atoms with Gasteiger partial charge in [-0.2, -0.15) is 0 Å². The minimum absolute atomic E-state index is 0.0695. The van der Waals surface area contributed by atoms with Gasteiger partial charge in [-0.3, -0.25) is 0 Å². The normalized spacial score (nSPS) is 17.6. The van der Waals surface area contributed by atoms with Crippen molar-refractivity contribution in [1.29, 1.82) is 0 Å². The smallest absolute Gasteiger partial charge is 0.437 e. The van der Waals surface area contributed by atoms with Crippen molar-refractivity contribution < 1.29 is 48.1 Å². The molecule has 0 aromatic carbocycles. The monoisotopic (exact) mass is 908 g/mol. The molecule has 4 unspecified atom stereocenters. The second-order valence-corrected chi connectivity index (χ2v) is 50.6. The zero-order valence-corrected chi connectivity index (χ0v) is 46.7. The molecule has 0 rings (SSSR count). The van der Waals surface area contributed by atoms with Gasteiger partial charge in [0.15, 0.2) is 16.6 Å². The fourth-order valence-corrected chi connectivity index (χ4v) is 40.7. The van der Waals surface area contributed by atoms with Crippen LogP contribution in [0.4, 0.5) is 0 Å². The molecule has 11 nitrogen and oxygen atoms in total. The zero-order valence-electron chi connectivity index (χ0n) is 38.7. The molecule has 54 heavy (non-hydrogen) atoms. The minimum atomic E-state index is -2.86. The van der Waals surface area contributed by atoms with Crippen molar-refractivity contribution >= 4 is 67.8 Å². The van der Waals surface area contributed by atoms with Gasteiger partial charge in [0.1, 0.15) is 0 Å². The molecular weight excluding hydrogens is 821 g/mol. The first-order valence-electron chi connectivity index (χ1n) is 20.7. The molecular formula is C35H88O11Si8. The Hall–Kier alpha value is 1.30. The number of ether oxygens (including phenoxy) is 3. The minimum Gasteiger partial charge on any atom is -0.437 e. The van der Waals surface area contributed by atoms with Crippen LogP contribution in [0.2, 0.25) is 122 Å². The summed E-state index contributed by atoms with van der Waals surface area (Å²) in [5.41, 5.74) is 0. The molecule has 0 aliphatic rings. The number of methoxy groups -OCH3 is 1. The molecule has 19 heteroatoms. The molecule has 0 aliphatic heterocycles. The highest BCUT2D eigenvalue weighted by Gasteiger charge is 2.51. The fraction of sp³-hybridized carbons (Fsp3) is 1.00. The first-order valence-corrected chi connectivity index (χ1v) is 43.5. The van der Waals surface area contributed by atoms with Crippen molar-refractivity contribution in [2.24, 2.45) is 0 Å². The highest BCUT2D eigenvalue weighted by atomic mass is 28.5. The van der Waals surface area contributed by atoms with Gasteiger partial charge in [0.2, 0.25) is 0 Å². The van der Waals surface area contributed by atoms with Crippen molar-refractivity contribution in [3.63, 3.8) is 0 Å². The second-order valence-electron chi connectivity index (χ2n) is 18.6. The first-order chi connectivity index (χ1) is 24.6. The van der Waals surface area contributed by atoms with Crippen LogP contribution >= 0.6 is 0 Å². The van der Waals surface area contributed by atoms with Crippen LogP contribution in [0.3, 0.4) is 0 Å². The lowest BCUT2D eigenvalue weighted by molar-refractivity contribution is -0.00632. The van der Waals surface area contributed by atoms with Crippen molar-refractivity contribution in [2.75, 3.05) is 53.4 Å². The van der Waals surface area contributed by atoms with Crippen molar-refractivity contribution in [3.05, 3.63) is 0 Å². The van der Waals surface area contributed by atoms with Crippen LogP contribution in [0, 0.1) is 0 Å². The average molecular weight is 910 g/mol. The summed E-state index contributed by atoms with van der Waals surface area (Å²) in [7, 11) is -17.2. The molecule has 4 atom stereocenters. The lowest BCUT2D eigenvalue weighted by Gasteiger charge is -2.45. The molecule has 0 saturated carbocycles. The third kappa shape index (κ3) is 27.1. The molecule has 0 aliphatic carbocycles. The van der Waals surface area contributed by atoms with E-state index in [0.717, 1.165) is 43.4 Å². The van der Waals surface area contributed by atoms with Crippen molar-refractivity contribution in [3.8, 4) is 0 Å². The summed E-state index contributed by atoms with van der Waals surface area (Å²) in [6, 6.07) is 4.55. The van der Waals surface area contributed by atoms with E-state index in [-0.39, 0.29) is 6.10 Å². The van der Waals surface area contributed by atoms with E-state index in [9.17, 15) is 0 Å². The Kier molecular flexibility index (Phi) is 25.8. The predicted octanol–water partition coefficient (Wildman–Crippen LogP) is 10.3. The van der Waals surface area contributed by atoms with Crippen molar-refractivity contribution in [2.45, 2.75) is 175 Å². The Morgan fingerprint density at radius 1 is 0.444 bits per heavy atom. The lowest BCUT2D eigenvalue weighted by atomic mass is 10.4. The van der Waals surface area contributed by atoms with Gasteiger partial charge in [-0.1, -0.05) is 32.1 Å². The highest BCUT2D eigenvalue weighted by Crippen LogP contribution is 2.35. The van der Waals surface area contributed by atoms with Gasteiger partial charge in [-0.25, -0.2) is 0 Å². The van der Waals surface area contributed by atoms with E-state index in [4.69, 9.17) is 48.1 Å². The third-order valence-electron chi connectivity index (χ3n) is 8.21. The summed E-state index contributed by atoms with van der Waals surface area (Å²) in [6.07, 6.45) is 2.86. The highest BCUT2D eigenvalue weighted by molar-refractivity contribution is 6.92. The van der Waals surface area contributed by atoms with E-state index in [1.165, 1.54) is 6.04 Å². The van der Waals surface area contributed by atoms with Crippen LogP contribution < -0.4 is 0 Å². The molecule has 0 amide bonds. The summed E-state index contributed by atoms with van der Waals surface area (Å²) in [6.45, 7) is 43.9. The van der Waals surface area contributed by atoms with Crippen molar-refractivity contribution in [1.82, 2.24) is 0 Å². The summed E-state index contributed by atoms with van der Waals surface area (Å²) in [5.74, 6) is 0. The topological polar surface area (TPSA) is 102 Å². The van der Waals surface area contributed by atoms with Crippen LogP contribution in [0.5, 0.6) is 0 Å². The molecule has 0 aromatic rings. The fourth-order valence-electron chi connectivity index (χ4n) is 6.78. The van der Waals surface area contributed by atoms with E-state index >= 15 is 0 Å². The van der Waals surface area contributed by atoms with Crippen LogP contribution in [0.1, 0.15) is 47.0 Å². The molecule has 0 bridgehead atoms. The number of hydrogen-bond acceptors (Lipinski definition) is 11. The van der Waals surface area contributed by atoms with Crippen LogP contribution in [-0.2, 0) is 48.1 Å². The first kappa shape index (κ1) is 55.3. The summed E-state index contributed by atoms with van der Waals surface area (Å²) >= 11 is 0. The van der Waals surface area contributed by atoms with Crippen LogP contribution in [-0.4, -0.2) is 127 Å². The quantitative estimate of drug-likeness (QED) is 0.0456. The Labute approximate surface area is 342 Å². The van der Waals surface area contributed by atoms with Gasteiger partial charge in [0.05, 0.1) is 25.9 Å². The second kappa shape index (κ2) is 25.2. The van der Waals surface area contributed by atoms with Crippen LogP contribution in [0.25, 0.3) is 0 Å². The average Bonchev–Trinajstić information content (AvgIpc) is 2.95. The standard InChI is InChI=1S/C35H88O11Si8/c1-20-39-54(40-21-2,41-22-3)33-25-32-51(17,42-48(9,10)11)44-50(15,16)45-53(19,30-23-26-37-27-28-38-34-35(4)36-5)46-52(18,43-49(12,13)14)31-24-29-47(6,7)8/h35H,20-34H2,1-19H3. The van der Waals surface area contributed by atoms with E-state index in [2.05, 4.69) is 91.7 Å². The number of hydrogen-bond donors (Lipinski definition) is 0. The predicted molar refractivity (Wildman–Crippen MR) is 244 cm³/mol. The maximum Gasteiger partial charge on any atom is 0.500 e. The molecule has 0 spiro atoms. The van der Waals surface area contributed by atoms with Crippen LogP contribution in [0.15, 0.2) is 0 Å². The molecule has 0 radical (unpaired) electrons. The zero-order chi connectivity index (χ0) is 42.0. The van der Waals surface area contributed by atoms with E-state index < -0.39 is 67.8 Å². The van der Waals surface area contributed by atoms with E-state index in [1.807, 2.05) is 27.7 Å². The lowest BCUT2D eigenvalue weighted by Crippen LogP contribution is -2.62. The summed E-state index contributed by atoms with van der Waals surface area (Å²) in [5, 5.41) is 0. The van der Waals surface area contributed by atoms with Gasteiger partial charge in [-0.15, -0.1) is 0 Å². The Morgan fingerprint density at radius 2 is 0.852 bits per heavy atom. The largest absolute Gasteiger partial charge is 0.500 e. The van der Waals surface area contributed by atoms with Gasteiger partial charge < -0.3 is 48.1 Å². The Bertz CT molecular complexity index is 983. The summed E-state index contributed by atoms with van der Waals surface area (Å²) in [4.78, 5) is 0. The van der Waals surface area contributed by atoms with Gasteiger partial charge in [0, 0.05) is 47.7 Å². The molecule has 0 aromatic heterocycles. The molecule has 0 heterocycles. The third-order valence-corrected chi connectivity index (χ3v) is 36.2. The molecule has 326 valence electrons. The van der Waals surface area contributed by atoms with Gasteiger partial charge in [-0.05, 0) is 131 Å². The van der Waals surface area contributed by atoms with Gasteiger partial charge >= 0.3 is 43.0 Å². The SMILES string of the molecule is CCO[Si](CCC[Si](C)(O[Si](C)(C)C)O[Si](C)(C)O[Si](C)(CCCOCCOCC(C)OC)O[Si](C)(CCC[Si](C)(C)C)O[Si](C)(C)C)(OCC)OCC. The molecule has 0 fully saturated rings.